The molecule has 0 unspecified atom stereocenters. The van der Waals surface area contributed by atoms with Crippen LogP contribution in [0.5, 0.6) is 5.75 Å². The van der Waals surface area contributed by atoms with Crippen LogP contribution in [0, 0.1) is 0 Å². The Labute approximate surface area is 261 Å². The van der Waals surface area contributed by atoms with E-state index in [1.54, 1.807) is 13.8 Å². The fourth-order valence-electron chi connectivity index (χ4n) is 7.15. The predicted octanol–water partition coefficient (Wildman–Crippen LogP) is 9.81. The van der Waals surface area contributed by atoms with Crippen LogP contribution in [0.4, 0.5) is 0 Å². The van der Waals surface area contributed by atoms with Crippen molar-refractivity contribution in [2.24, 2.45) is 0 Å². The molecule has 242 valence electrons. The van der Waals surface area contributed by atoms with E-state index < -0.39 is 17.4 Å². The van der Waals surface area contributed by atoms with E-state index in [2.05, 4.69) is 6.92 Å². The summed E-state index contributed by atoms with van der Waals surface area (Å²) in [6.45, 7) is 14.1. The molecular weight excluding hydrogens is 538 g/mol. The number of carboxylic acids is 2. The highest BCUT2D eigenvalue weighted by Crippen LogP contribution is 2.53. The highest BCUT2D eigenvalue weighted by molar-refractivity contribution is 6.01. The first-order valence-electron chi connectivity index (χ1n) is 17.0. The third kappa shape index (κ3) is 9.12. The number of hydrogen-bond donors (Lipinski definition) is 2. The van der Waals surface area contributed by atoms with Crippen LogP contribution in [0.1, 0.15) is 149 Å². The Kier molecular flexibility index (Phi) is 15.4. The number of allylic oxidation sites excluding steroid dienone is 2. The van der Waals surface area contributed by atoms with Gasteiger partial charge in [0.1, 0.15) is 5.75 Å². The number of aryl methyl sites for hydroxylation is 1. The fourth-order valence-corrected chi connectivity index (χ4v) is 7.15. The number of hydrogen-bond acceptors (Lipinski definition) is 4. The summed E-state index contributed by atoms with van der Waals surface area (Å²) in [6.07, 6.45) is 17.4. The Bertz CT molecular complexity index is 1080. The second-order valence-electron chi connectivity index (χ2n) is 12.5. The molecule has 1 heterocycles. The van der Waals surface area contributed by atoms with Crippen LogP contribution in [0.3, 0.4) is 0 Å². The lowest BCUT2D eigenvalue weighted by molar-refractivity contribution is -0.134. The van der Waals surface area contributed by atoms with Crippen molar-refractivity contribution >= 4 is 11.9 Å². The van der Waals surface area contributed by atoms with Gasteiger partial charge in [0, 0.05) is 23.5 Å². The van der Waals surface area contributed by atoms with Gasteiger partial charge in [0.2, 0.25) is 0 Å². The number of nitrogens with zero attached hydrogens (tertiary/aromatic N) is 1. The van der Waals surface area contributed by atoms with E-state index >= 15 is 0 Å². The summed E-state index contributed by atoms with van der Waals surface area (Å²) < 4.78 is 6.32. The molecule has 6 heteroatoms. The van der Waals surface area contributed by atoms with Gasteiger partial charge in [-0.2, -0.15) is 0 Å². The van der Waals surface area contributed by atoms with Crippen molar-refractivity contribution in [2.45, 2.75) is 156 Å². The molecule has 0 saturated carbocycles. The Hall–Kier alpha value is -2.76. The number of benzene rings is 1. The number of rotatable bonds is 21. The Morgan fingerprint density at radius 1 is 0.767 bits per heavy atom. The first-order valence-corrected chi connectivity index (χ1v) is 17.0. The van der Waals surface area contributed by atoms with E-state index in [9.17, 15) is 19.8 Å². The normalized spacial score (nSPS) is 15.0. The van der Waals surface area contributed by atoms with Crippen LogP contribution in [0.25, 0.3) is 0 Å². The van der Waals surface area contributed by atoms with Crippen molar-refractivity contribution in [3.05, 3.63) is 51.9 Å². The number of aliphatic carboxylic acids is 2. The van der Waals surface area contributed by atoms with Crippen LogP contribution >= 0.6 is 0 Å². The second-order valence-corrected chi connectivity index (χ2v) is 12.5. The van der Waals surface area contributed by atoms with E-state index in [-0.39, 0.29) is 17.3 Å². The molecule has 0 saturated heterocycles. The van der Waals surface area contributed by atoms with Gasteiger partial charge in [0.15, 0.2) is 0 Å². The van der Waals surface area contributed by atoms with Crippen molar-refractivity contribution < 1.29 is 24.5 Å². The highest BCUT2D eigenvalue weighted by Gasteiger charge is 2.52. The van der Waals surface area contributed by atoms with Gasteiger partial charge < -0.3 is 19.8 Å². The lowest BCUT2D eigenvalue weighted by atomic mass is 9.62. The molecule has 0 bridgehead atoms. The van der Waals surface area contributed by atoms with E-state index in [0.29, 0.717) is 35.7 Å². The van der Waals surface area contributed by atoms with Gasteiger partial charge in [-0.15, -0.1) is 0 Å². The molecule has 0 aromatic heterocycles. The number of ether oxygens (including phenoxy) is 1. The summed E-state index contributed by atoms with van der Waals surface area (Å²) in [5, 5.41) is 21.3. The molecule has 2 N–H and O–H groups in total. The minimum absolute atomic E-state index is 0.131. The molecular formula is C37H59NO5. The first kappa shape index (κ1) is 36.4. The largest absolute Gasteiger partial charge is 0.491 e. The summed E-state index contributed by atoms with van der Waals surface area (Å²) >= 11 is 0. The maximum Gasteiger partial charge on any atom is 0.334 e. The quantitative estimate of drug-likeness (QED) is 0.137. The van der Waals surface area contributed by atoms with Gasteiger partial charge in [-0.25, -0.2) is 9.59 Å². The molecule has 2 rings (SSSR count). The minimum atomic E-state index is -1.34. The van der Waals surface area contributed by atoms with Gasteiger partial charge in [0.05, 0.1) is 22.7 Å². The van der Waals surface area contributed by atoms with Crippen molar-refractivity contribution in [2.75, 3.05) is 6.54 Å². The monoisotopic (exact) mass is 597 g/mol. The van der Waals surface area contributed by atoms with Crippen LogP contribution < -0.4 is 4.74 Å². The summed E-state index contributed by atoms with van der Waals surface area (Å²) in [7, 11) is 0. The van der Waals surface area contributed by atoms with Gasteiger partial charge in [-0.1, -0.05) is 103 Å². The topological polar surface area (TPSA) is 87.1 Å². The molecule has 6 nitrogen and oxygen atoms in total. The predicted molar refractivity (Wildman–Crippen MR) is 177 cm³/mol. The zero-order valence-electron chi connectivity index (χ0n) is 28.2. The van der Waals surface area contributed by atoms with E-state index in [1.807, 2.05) is 50.8 Å². The average Bonchev–Trinajstić information content (AvgIpc) is 2.94. The maximum atomic E-state index is 13.0. The average molecular weight is 598 g/mol. The van der Waals surface area contributed by atoms with E-state index in [1.165, 1.54) is 70.6 Å². The Morgan fingerprint density at radius 3 is 1.63 bits per heavy atom. The number of unbranched alkanes of at least 4 members (excludes halogenated alkanes) is 12. The zero-order valence-corrected chi connectivity index (χ0v) is 28.2. The van der Waals surface area contributed by atoms with Gasteiger partial charge in [-0.3, -0.25) is 0 Å². The molecule has 1 aromatic carbocycles. The molecule has 1 aliphatic heterocycles. The van der Waals surface area contributed by atoms with Crippen molar-refractivity contribution in [3.8, 4) is 5.75 Å². The molecule has 0 aliphatic carbocycles. The van der Waals surface area contributed by atoms with Gasteiger partial charge in [0.25, 0.3) is 0 Å². The molecule has 43 heavy (non-hydrogen) atoms. The Balaban J connectivity index is 2.32. The van der Waals surface area contributed by atoms with Crippen LogP contribution in [-0.2, 0) is 21.4 Å². The summed E-state index contributed by atoms with van der Waals surface area (Å²) in [4.78, 5) is 27.9. The lowest BCUT2D eigenvalue weighted by Gasteiger charge is -2.45. The third-order valence-corrected chi connectivity index (χ3v) is 9.11. The minimum Gasteiger partial charge on any atom is -0.491 e. The standard InChI is InChI=1S/C37H59NO5/c1-8-11-12-13-14-15-16-17-18-19-20-21-22-24-30-25-23-26-31(43-27(4)5)34(30)37(9-2)32(35(39)40)28(6)38(10-3)29(7)33(37)36(41)42/h23,25-27H,8-22,24H2,1-7H3,(H,39,40)(H,41,42). The summed E-state index contributed by atoms with van der Waals surface area (Å²) in [5.74, 6) is -1.60. The SMILES string of the molecule is CCCCCCCCCCCCCCCc1cccc(OC(C)C)c1C1(CC)C(C(=O)O)=C(C)N(CC)C(C)=C1C(=O)O. The summed E-state index contributed by atoms with van der Waals surface area (Å²) in [5.41, 5.74) is 1.78. The van der Waals surface area contributed by atoms with Crippen LogP contribution in [0.2, 0.25) is 0 Å². The van der Waals surface area contributed by atoms with E-state index in [4.69, 9.17) is 4.74 Å². The molecule has 0 atom stereocenters. The maximum absolute atomic E-state index is 13.0. The number of carbonyl (C=O) groups is 2. The first-order chi connectivity index (χ1) is 20.6. The molecule has 0 radical (unpaired) electrons. The highest BCUT2D eigenvalue weighted by atomic mass is 16.5. The van der Waals surface area contributed by atoms with Gasteiger partial charge in [-0.05, 0) is 65.5 Å². The summed E-state index contributed by atoms with van der Waals surface area (Å²) in [6, 6.07) is 5.86. The third-order valence-electron chi connectivity index (χ3n) is 9.11. The molecule has 0 amide bonds. The lowest BCUT2D eigenvalue weighted by Crippen LogP contribution is -2.46. The smallest absolute Gasteiger partial charge is 0.334 e. The van der Waals surface area contributed by atoms with E-state index in [0.717, 1.165) is 24.8 Å². The van der Waals surface area contributed by atoms with Gasteiger partial charge >= 0.3 is 11.9 Å². The molecule has 1 aliphatic rings. The number of carboxylic acid groups (broad SMARTS) is 2. The van der Waals surface area contributed by atoms with Crippen molar-refractivity contribution in [1.82, 2.24) is 4.90 Å². The van der Waals surface area contributed by atoms with Crippen LogP contribution in [-0.4, -0.2) is 39.7 Å². The fraction of sp³-hybridized carbons (Fsp3) is 0.676. The Morgan fingerprint density at radius 2 is 1.23 bits per heavy atom. The molecule has 1 aromatic rings. The second kappa shape index (κ2) is 18.1. The van der Waals surface area contributed by atoms with Crippen molar-refractivity contribution in [1.29, 1.82) is 0 Å². The van der Waals surface area contributed by atoms with Crippen molar-refractivity contribution in [3.63, 3.8) is 0 Å². The molecule has 0 spiro atoms. The molecule has 0 fully saturated rings. The zero-order chi connectivity index (χ0) is 32.0. The van der Waals surface area contributed by atoms with Crippen LogP contribution in [0.15, 0.2) is 40.7 Å².